The van der Waals surface area contributed by atoms with E-state index in [1.807, 2.05) is 0 Å². The van der Waals surface area contributed by atoms with Crippen molar-refractivity contribution in [1.29, 1.82) is 0 Å². The predicted octanol–water partition coefficient (Wildman–Crippen LogP) is 3.47. The summed E-state index contributed by atoms with van der Waals surface area (Å²) in [4.78, 5) is 14.9. The molecule has 2 atom stereocenters. The van der Waals surface area contributed by atoms with Crippen LogP contribution in [0.3, 0.4) is 0 Å². The van der Waals surface area contributed by atoms with Crippen molar-refractivity contribution in [1.82, 2.24) is 10.6 Å². The molecule has 0 aromatic heterocycles. The van der Waals surface area contributed by atoms with Gasteiger partial charge in [0.1, 0.15) is 0 Å². The zero-order chi connectivity index (χ0) is 18.2. The Bertz CT molecular complexity index is 587. The predicted molar refractivity (Wildman–Crippen MR) is 114 cm³/mol. The first-order valence-electron chi connectivity index (χ1n) is 8.85. The fourth-order valence-electron chi connectivity index (χ4n) is 2.65. The molecular weight excluding hydrogens is 447 g/mol. The molecule has 1 aromatic rings. The quantitative estimate of drug-likeness (QED) is 0.207. The number of guanidine groups is 1. The minimum atomic E-state index is -0.395. The van der Waals surface area contributed by atoms with Crippen LogP contribution in [0.1, 0.15) is 39.2 Å². The maximum atomic E-state index is 10.7. The molecule has 2 unspecified atom stereocenters. The summed E-state index contributed by atoms with van der Waals surface area (Å²) in [5.74, 6) is 1.25. The highest BCUT2D eigenvalue weighted by molar-refractivity contribution is 14.0. The first kappa shape index (κ1) is 22.6. The van der Waals surface area contributed by atoms with Gasteiger partial charge in [-0.15, -0.1) is 24.0 Å². The van der Waals surface area contributed by atoms with Crippen LogP contribution in [-0.2, 0) is 11.3 Å². The van der Waals surface area contributed by atoms with Gasteiger partial charge in [0.2, 0.25) is 0 Å². The van der Waals surface area contributed by atoms with E-state index < -0.39 is 4.92 Å². The minimum absolute atomic E-state index is 0. The number of nitrogens with one attached hydrogen (secondary N) is 2. The van der Waals surface area contributed by atoms with E-state index in [0.717, 1.165) is 37.5 Å². The summed E-state index contributed by atoms with van der Waals surface area (Å²) in [5.41, 5.74) is 1.03. The third kappa shape index (κ3) is 7.45. The van der Waals surface area contributed by atoms with E-state index in [9.17, 15) is 10.1 Å². The van der Waals surface area contributed by atoms with Crippen molar-refractivity contribution in [3.05, 3.63) is 39.9 Å². The summed E-state index contributed by atoms with van der Waals surface area (Å²) < 4.78 is 5.73. The molecule has 2 rings (SSSR count). The number of nitro benzene ring substituents is 1. The van der Waals surface area contributed by atoms with Crippen LogP contribution in [-0.4, -0.2) is 36.2 Å². The molecule has 1 aliphatic rings. The van der Waals surface area contributed by atoms with Crippen LogP contribution in [0.5, 0.6) is 0 Å². The van der Waals surface area contributed by atoms with Crippen LogP contribution in [0.2, 0.25) is 0 Å². The topological polar surface area (TPSA) is 88.8 Å². The zero-order valence-electron chi connectivity index (χ0n) is 15.6. The maximum Gasteiger partial charge on any atom is 0.269 e. The number of aliphatic imine (C=N–C) groups is 1. The molecule has 26 heavy (non-hydrogen) atoms. The summed E-state index contributed by atoms with van der Waals surface area (Å²) in [6.45, 7) is 8.50. The second kappa shape index (κ2) is 11.3. The standard InChI is InChI=1S/C18H28N4O3.HI/c1-13(2)11-19-18(21-14(3)17-5-4-10-25-17)20-12-15-6-8-16(9-7-15)22(23)24;/h6-9,13-14,17H,4-5,10-12H2,1-3H3,(H2,19,20,21);1H. The largest absolute Gasteiger partial charge is 0.376 e. The number of rotatable bonds is 7. The summed E-state index contributed by atoms with van der Waals surface area (Å²) in [6, 6.07) is 6.68. The first-order valence-corrected chi connectivity index (χ1v) is 8.85. The lowest BCUT2D eigenvalue weighted by Gasteiger charge is -2.23. The molecule has 1 saturated heterocycles. The maximum absolute atomic E-state index is 10.7. The lowest BCUT2D eigenvalue weighted by Crippen LogP contribution is -2.47. The van der Waals surface area contributed by atoms with E-state index in [1.54, 1.807) is 12.1 Å². The third-order valence-corrected chi connectivity index (χ3v) is 4.13. The Hall–Kier alpha value is -1.42. The number of halogens is 1. The van der Waals surface area contributed by atoms with Gasteiger partial charge >= 0.3 is 0 Å². The van der Waals surface area contributed by atoms with E-state index in [0.29, 0.717) is 12.5 Å². The van der Waals surface area contributed by atoms with Crippen molar-refractivity contribution < 1.29 is 9.66 Å². The van der Waals surface area contributed by atoms with E-state index >= 15 is 0 Å². The van der Waals surface area contributed by atoms with Crippen molar-refractivity contribution in [2.24, 2.45) is 10.9 Å². The lowest BCUT2D eigenvalue weighted by molar-refractivity contribution is -0.384. The summed E-state index contributed by atoms with van der Waals surface area (Å²) in [7, 11) is 0. The Morgan fingerprint density at radius 1 is 1.35 bits per heavy atom. The molecule has 0 radical (unpaired) electrons. The molecule has 1 fully saturated rings. The average molecular weight is 476 g/mol. The molecular formula is C18H29IN4O3. The highest BCUT2D eigenvalue weighted by Gasteiger charge is 2.23. The Kier molecular flexibility index (Phi) is 9.85. The van der Waals surface area contributed by atoms with Gasteiger partial charge in [-0.25, -0.2) is 4.99 Å². The number of non-ortho nitro benzene ring substituents is 1. The number of benzene rings is 1. The van der Waals surface area contributed by atoms with Gasteiger partial charge in [-0.05, 0) is 31.2 Å². The van der Waals surface area contributed by atoms with Crippen molar-refractivity contribution in [2.45, 2.75) is 52.3 Å². The van der Waals surface area contributed by atoms with Crippen molar-refractivity contribution in [2.75, 3.05) is 13.2 Å². The van der Waals surface area contributed by atoms with E-state index in [-0.39, 0.29) is 41.8 Å². The van der Waals surface area contributed by atoms with Crippen LogP contribution in [0.15, 0.2) is 29.3 Å². The SMILES string of the molecule is CC(C)CNC(=NCc1ccc([N+](=O)[O-])cc1)NC(C)C1CCCO1.I. The molecule has 2 N–H and O–H groups in total. The van der Waals surface area contributed by atoms with Crippen molar-refractivity contribution in [3.8, 4) is 0 Å². The van der Waals surface area contributed by atoms with Gasteiger partial charge in [-0.3, -0.25) is 10.1 Å². The molecule has 0 bridgehead atoms. The van der Waals surface area contributed by atoms with Gasteiger partial charge in [0, 0.05) is 25.3 Å². The second-order valence-electron chi connectivity index (χ2n) is 6.85. The number of ether oxygens (including phenoxy) is 1. The van der Waals surface area contributed by atoms with Crippen LogP contribution < -0.4 is 10.6 Å². The van der Waals surface area contributed by atoms with Gasteiger partial charge in [-0.1, -0.05) is 26.0 Å². The fourth-order valence-corrected chi connectivity index (χ4v) is 2.65. The number of hydrogen-bond donors (Lipinski definition) is 2. The number of nitrogens with zero attached hydrogens (tertiary/aromatic N) is 2. The number of nitro groups is 1. The lowest BCUT2D eigenvalue weighted by atomic mass is 10.1. The molecule has 0 aliphatic carbocycles. The monoisotopic (exact) mass is 476 g/mol. The van der Waals surface area contributed by atoms with Gasteiger partial charge in [0.15, 0.2) is 5.96 Å². The fraction of sp³-hybridized carbons (Fsp3) is 0.611. The molecule has 8 heteroatoms. The van der Waals surface area contributed by atoms with E-state index in [2.05, 4.69) is 36.4 Å². The first-order chi connectivity index (χ1) is 12.0. The van der Waals surface area contributed by atoms with Crippen molar-refractivity contribution in [3.63, 3.8) is 0 Å². The molecule has 1 heterocycles. The van der Waals surface area contributed by atoms with Crippen LogP contribution in [0.25, 0.3) is 0 Å². The van der Waals surface area contributed by atoms with Crippen LogP contribution >= 0.6 is 24.0 Å². The Balaban J connectivity index is 0.00000338. The Morgan fingerprint density at radius 2 is 2.04 bits per heavy atom. The average Bonchev–Trinajstić information content (AvgIpc) is 3.12. The van der Waals surface area contributed by atoms with Crippen molar-refractivity contribution >= 4 is 35.6 Å². The third-order valence-electron chi connectivity index (χ3n) is 4.13. The van der Waals surface area contributed by atoms with Gasteiger partial charge < -0.3 is 15.4 Å². The highest BCUT2D eigenvalue weighted by Crippen LogP contribution is 2.15. The van der Waals surface area contributed by atoms with Crippen LogP contribution in [0, 0.1) is 16.0 Å². The molecule has 1 aliphatic heterocycles. The molecule has 1 aromatic carbocycles. The second-order valence-corrected chi connectivity index (χ2v) is 6.85. The Labute approximate surface area is 172 Å². The summed E-state index contributed by atoms with van der Waals surface area (Å²) >= 11 is 0. The van der Waals surface area contributed by atoms with E-state index in [1.165, 1.54) is 12.1 Å². The minimum Gasteiger partial charge on any atom is -0.376 e. The Morgan fingerprint density at radius 3 is 2.58 bits per heavy atom. The van der Waals surface area contributed by atoms with E-state index in [4.69, 9.17) is 4.74 Å². The van der Waals surface area contributed by atoms with Gasteiger partial charge in [0.05, 0.1) is 23.6 Å². The molecule has 0 spiro atoms. The number of hydrogen-bond acceptors (Lipinski definition) is 4. The zero-order valence-corrected chi connectivity index (χ0v) is 17.9. The van der Waals surface area contributed by atoms with Gasteiger partial charge in [-0.2, -0.15) is 0 Å². The molecule has 7 nitrogen and oxygen atoms in total. The normalized spacial score (nSPS) is 18.3. The smallest absolute Gasteiger partial charge is 0.269 e. The highest BCUT2D eigenvalue weighted by atomic mass is 127. The molecule has 0 amide bonds. The van der Waals surface area contributed by atoms with Gasteiger partial charge in [0.25, 0.3) is 5.69 Å². The summed E-state index contributed by atoms with van der Waals surface area (Å²) in [6.07, 6.45) is 2.38. The molecule has 0 saturated carbocycles. The summed E-state index contributed by atoms with van der Waals surface area (Å²) in [5, 5.41) is 17.5. The molecule has 146 valence electrons. The van der Waals surface area contributed by atoms with Crippen LogP contribution in [0.4, 0.5) is 5.69 Å².